The van der Waals surface area contributed by atoms with Crippen LogP contribution in [0.1, 0.15) is 52.0 Å². The summed E-state index contributed by atoms with van der Waals surface area (Å²) in [6.45, 7) is 10.5. The van der Waals surface area contributed by atoms with E-state index >= 15 is 0 Å². The molecule has 2 aromatic heterocycles. The van der Waals surface area contributed by atoms with Crippen molar-refractivity contribution in [2.45, 2.75) is 51.3 Å². The first kappa shape index (κ1) is 20.8. The van der Waals surface area contributed by atoms with Gasteiger partial charge in [-0.15, -0.1) is 0 Å². The van der Waals surface area contributed by atoms with Gasteiger partial charge in [0.05, 0.1) is 17.1 Å². The van der Waals surface area contributed by atoms with Gasteiger partial charge in [-0.25, -0.2) is 18.4 Å². The van der Waals surface area contributed by atoms with E-state index in [1.54, 1.807) is 27.0 Å². The molecular formula is C17H24N4O3S. The molecule has 25 heavy (non-hydrogen) atoms. The predicted octanol–water partition coefficient (Wildman–Crippen LogP) is 2.75. The number of hydrogen-bond acceptors (Lipinski definition) is 7. The molecule has 0 bridgehead atoms. The summed E-state index contributed by atoms with van der Waals surface area (Å²) in [6.07, 6.45) is 8.66. The van der Waals surface area contributed by atoms with Crippen LogP contribution in [0.15, 0.2) is 42.2 Å². The average molecular weight is 364 g/mol. The molecule has 136 valence electrons. The molecule has 0 atom stereocenters. The van der Waals surface area contributed by atoms with E-state index in [9.17, 15) is 13.2 Å². The number of ketones is 1. The third-order valence-electron chi connectivity index (χ3n) is 3.10. The summed E-state index contributed by atoms with van der Waals surface area (Å²) in [5.41, 5.74) is 0.0563. The lowest BCUT2D eigenvalue weighted by molar-refractivity contribution is 0.0852. The SMILES string of the molecule is CC(C)(C)C(=O)c1cnccn1.CC(C)(C)S(=O)(=O)c1cnccn1. The van der Waals surface area contributed by atoms with Crippen molar-refractivity contribution < 1.29 is 13.2 Å². The van der Waals surface area contributed by atoms with Crippen molar-refractivity contribution in [3.63, 3.8) is 0 Å². The Morgan fingerprint density at radius 2 is 1.36 bits per heavy atom. The number of sulfone groups is 1. The zero-order valence-electron chi connectivity index (χ0n) is 15.4. The van der Waals surface area contributed by atoms with Crippen molar-refractivity contribution in [1.82, 2.24) is 19.9 Å². The standard InChI is InChI=1S/C9H12N2O.C8H12N2O2S/c1-9(2,3)8(12)7-6-10-4-5-11-7;1-8(2,3)13(11,12)7-6-9-4-5-10-7/h4-6H,1-3H3;4-6H,1-3H3. The average Bonchev–Trinajstić information content (AvgIpc) is 2.54. The molecule has 0 saturated heterocycles. The highest BCUT2D eigenvalue weighted by Gasteiger charge is 2.32. The summed E-state index contributed by atoms with van der Waals surface area (Å²) in [4.78, 5) is 26.8. The van der Waals surface area contributed by atoms with Gasteiger partial charge in [0.15, 0.2) is 10.8 Å². The predicted molar refractivity (Wildman–Crippen MR) is 94.8 cm³/mol. The van der Waals surface area contributed by atoms with E-state index in [1.165, 1.54) is 31.0 Å². The molecule has 0 aromatic carbocycles. The topological polar surface area (TPSA) is 103 Å². The molecule has 8 heteroatoms. The molecular weight excluding hydrogens is 340 g/mol. The van der Waals surface area contributed by atoms with Gasteiger partial charge in [0, 0.05) is 30.2 Å². The van der Waals surface area contributed by atoms with Crippen LogP contribution in [0, 0.1) is 5.41 Å². The fourth-order valence-electron chi connectivity index (χ4n) is 1.54. The van der Waals surface area contributed by atoms with E-state index < -0.39 is 14.6 Å². The maximum atomic E-state index is 11.8. The van der Waals surface area contributed by atoms with Gasteiger partial charge in [-0.2, -0.15) is 0 Å². The van der Waals surface area contributed by atoms with Crippen molar-refractivity contribution in [3.8, 4) is 0 Å². The number of carbonyl (C=O) groups is 1. The summed E-state index contributed by atoms with van der Waals surface area (Å²) < 4.78 is 22.7. The van der Waals surface area contributed by atoms with Crippen molar-refractivity contribution >= 4 is 15.6 Å². The zero-order valence-corrected chi connectivity index (χ0v) is 16.2. The van der Waals surface area contributed by atoms with Crippen molar-refractivity contribution in [2.24, 2.45) is 5.41 Å². The Kier molecular flexibility index (Phi) is 6.48. The van der Waals surface area contributed by atoms with E-state index in [-0.39, 0.29) is 16.2 Å². The van der Waals surface area contributed by atoms with Gasteiger partial charge in [-0.05, 0) is 20.8 Å². The molecule has 0 spiro atoms. The van der Waals surface area contributed by atoms with Gasteiger partial charge in [0.1, 0.15) is 5.69 Å². The second-order valence-electron chi connectivity index (χ2n) is 7.33. The largest absolute Gasteiger partial charge is 0.292 e. The summed E-state index contributed by atoms with van der Waals surface area (Å²) in [5, 5.41) is 0.0301. The molecule has 0 fully saturated rings. The van der Waals surface area contributed by atoms with Gasteiger partial charge in [-0.1, -0.05) is 20.8 Å². The molecule has 0 saturated carbocycles. The lowest BCUT2D eigenvalue weighted by Crippen LogP contribution is -2.28. The van der Waals surface area contributed by atoms with Crippen molar-refractivity contribution in [2.75, 3.05) is 0 Å². The highest BCUT2D eigenvalue weighted by molar-refractivity contribution is 7.92. The van der Waals surface area contributed by atoms with Crippen LogP contribution in [0.4, 0.5) is 0 Å². The van der Waals surface area contributed by atoms with E-state index in [0.717, 1.165) is 0 Å². The molecule has 0 aliphatic heterocycles. The Hall–Kier alpha value is -2.22. The highest BCUT2D eigenvalue weighted by atomic mass is 32.2. The van der Waals surface area contributed by atoms with E-state index in [4.69, 9.17) is 0 Å². The van der Waals surface area contributed by atoms with Crippen molar-refractivity contribution in [3.05, 3.63) is 42.9 Å². The quantitative estimate of drug-likeness (QED) is 0.755. The Balaban J connectivity index is 0.000000251. The first-order valence-corrected chi connectivity index (χ1v) is 9.17. The van der Waals surface area contributed by atoms with Crippen LogP contribution >= 0.6 is 0 Å². The second kappa shape index (κ2) is 7.77. The van der Waals surface area contributed by atoms with Gasteiger partial charge in [-0.3, -0.25) is 14.8 Å². The lowest BCUT2D eigenvalue weighted by atomic mass is 9.89. The summed E-state index contributed by atoms with van der Waals surface area (Å²) >= 11 is 0. The molecule has 7 nitrogen and oxygen atoms in total. The van der Waals surface area contributed by atoms with E-state index in [2.05, 4.69) is 19.9 Å². The summed E-state index contributed by atoms with van der Waals surface area (Å²) in [6, 6.07) is 0. The molecule has 0 aliphatic rings. The molecule has 2 heterocycles. The Morgan fingerprint density at radius 1 is 0.840 bits per heavy atom. The fourth-order valence-corrected chi connectivity index (χ4v) is 2.57. The number of carbonyl (C=O) groups excluding carboxylic acids is 1. The molecule has 0 unspecified atom stereocenters. The van der Waals surface area contributed by atoms with E-state index in [1.807, 2.05) is 20.8 Å². The third-order valence-corrected chi connectivity index (χ3v) is 5.47. The van der Waals surface area contributed by atoms with Crippen molar-refractivity contribution in [1.29, 1.82) is 0 Å². The van der Waals surface area contributed by atoms with Crippen LogP contribution in [0.25, 0.3) is 0 Å². The lowest BCUT2D eigenvalue weighted by Gasteiger charge is -2.17. The van der Waals surface area contributed by atoms with Gasteiger partial charge in [0.2, 0.25) is 9.84 Å². The molecule has 2 rings (SSSR count). The highest BCUT2D eigenvalue weighted by Crippen LogP contribution is 2.21. The van der Waals surface area contributed by atoms with Crippen LogP contribution in [0.5, 0.6) is 0 Å². The van der Waals surface area contributed by atoms with Gasteiger partial charge >= 0.3 is 0 Å². The minimum atomic E-state index is -3.35. The third kappa shape index (κ3) is 5.67. The number of aromatic nitrogens is 4. The molecule has 2 aromatic rings. The first-order chi connectivity index (χ1) is 11.4. The number of nitrogens with zero attached hydrogens (tertiary/aromatic N) is 4. The van der Waals surface area contributed by atoms with Gasteiger partial charge in [0.25, 0.3) is 0 Å². The summed E-state index contributed by atoms with van der Waals surface area (Å²) in [7, 11) is -3.35. The molecule has 0 amide bonds. The Bertz CT molecular complexity index is 793. The van der Waals surface area contributed by atoms with Crippen LogP contribution < -0.4 is 0 Å². The normalized spacial score (nSPS) is 12.1. The second-order valence-corrected chi connectivity index (χ2v) is 9.98. The molecule has 0 N–H and O–H groups in total. The maximum Gasteiger partial charge on any atom is 0.202 e. The molecule has 0 radical (unpaired) electrons. The minimum absolute atomic E-state index is 0.0237. The smallest absolute Gasteiger partial charge is 0.202 e. The zero-order chi connectivity index (χ0) is 19.3. The van der Waals surface area contributed by atoms with Crippen LogP contribution in [0.3, 0.4) is 0 Å². The fraction of sp³-hybridized carbons (Fsp3) is 0.471. The monoisotopic (exact) mass is 364 g/mol. The first-order valence-electron chi connectivity index (χ1n) is 7.69. The molecule has 0 aliphatic carbocycles. The minimum Gasteiger partial charge on any atom is -0.292 e. The van der Waals surface area contributed by atoms with Crippen LogP contribution in [-0.2, 0) is 9.84 Å². The van der Waals surface area contributed by atoms with Crippen LogP contribution in [0.2, 0.25) is 0 Å². The van der Waals surface area contributed by atoms with Crippen LogP contribution in [-0.4, -0.2) is 38.9 Å². The number of hydrogen-bond donors (Lipinski definition) is 0. The summed E-state index contributed by atoms with van der Waals surface area (Å²) in [5.74, 6) is 0.0237. The Labute approximate surface area is 148 Å². The van der Waals surface area contributed by atoms with Gasteiger partial charge < -0.3 is 0 Å². The number of rotatable bonds is 2. The maximum absolute atomic E-state index is 11.8. The van der Waals surface area contributed by atoms with E-state index in [0.29, 0.717) is 5.69 Å². The Morgan fingerprint density at radius 3 is 1.72 bits per heavy atom. The number of Topliss-reactive ketones (excluding diaryl/α,β-unsaturated/α-hetero) is 1.